The summed E-state index contributed by atoms with van der Waals surface area (Å²) in [6, 6.07) is 15.0. The topological polar surface area (TPSA) is 117 Å². The maximum atomic E-state index is 13.9. The van der Waals surface area contributed by atoms with E-state index in [9.17, 15) is 19.7 Å². The van der Waals surface area contributed by atoms with Crippen molar-refractivity contribution in [2.75, 3.05) is 6.61 Å². The molecule has 1 aliphatic heterocycles. The van der Waals surface area contributed by atoms with Crippen LogP contribution in [0.4, 0.5) is 5.69 Å². The van der Waals surface area contributed by atoms with E-state index in [1.54, 1.807) is 32.0 Å². The van der Waals surface area contributed by atoms with E-state index in [1.165, 1.54) is 33.6 Å². The Morgan fingerprint density at radius 3 is 2.56 bits per heavy atom. The van der Waals surface area contributed by atoms with Crippen LogP contribution in [0.15, 0.2) is 80.1 Å². The summed E-state index contributed by atoms with van der Waals surface area (Å²) < 4.78 is 13.5. The zero-order valence-corrected chi connectivity index (χ0v) is 24.2. The first-order valence-corrected chi connectivity index (χ1v) is 14.1. The van der Waals surface area contributed by atoms with Gasteiger partial charge in [-0.05, 0) is 61.6 Å². The molecule has 0 aliphatic carbocycles. The van der Waals surface area contributed by atoms with Gasteiger partial charge in [0.2, 0.25) is 0 Å². The molecule has 0 radical (unpaired) electrons. The minimum absolute atomic E-state index is 0.0686. The number of carbonyl (C=O) groups is 1. The highest BCUT2D eigenvalue weighted by molar-refractivity contribution is 7.07. The molecule has 1 atom stereocenters. The Kier molecular flexibility index (Phi) is 7.59. The molecule has 2 aromatic carbocycles. The first-order chi connectivity index (χ1) is 19.6. The molecule has 210 valence electrons. The second-order valence-corrected chi connectivity index (χ2v) is 11.1. The molecule has 0 unspecified atom stereocenters. The lowest BCUT2D eigenvalue weighted by Crippen LogP contribution is -2.39. The summed E-state index contributed by atoms with van der Waals surface area (Å²) in [4.78, 5) is 43.0. The minimum atomic E-state index is -0.927. The zero-order chi connectivity index (χ0) is 29.4. The molecule has 1 aliphatic rings. The van der Waals surface area contributed by atoms with E-state index in [-0.39, 0.29) is 23.4 Å². The molecule has 41 heavy (non-hydrogen) atoms. The summed E-state index contributed by atoms with van der Waals surface area (Å²) in [5.41, 5.74) is 3.63. The SMILES string of the molecule is CCOC(=O)C1=C(C)N=c2s/c(=C\c3ccc(C(C)C)cc3)c(=O)n2[C@H]1c1ccc(-c2cc([N+](=O)[O-])ccc2C)o1. The van der Waals surface area contributed by atoms with Crippen molar-refractivity contribution in [1.82, 2.24) is 4.57 Å². The van der Waals surface area contributed by atoms with Crippen LogP contribution >= 0.6 is 11.3 Å². The number of fused-ring (bicyclic) bond motifs is 1. The molecule has 3 heterocycles. The van der Waals surface area contributed by atoms with Crippen LogP contribution in [0.2, 0.25) is 0 Å². The van der Waals surface area contributed by atoms with Gasteiger partial charge in [0.1, 0.15) is 17.6 Å². The van der Waals surface area contributed by atoms with Gasteiger partial charge in [-0.25, -0.2) is 9.79 Å². The van der Waals surface area contributed by atoms with Crippen LogP contribution in [-0.4, -0.2) is 22.1 Å². The van der Waals surface area contributed by atoms with Crippen LogP contribution in [0.5, 0.6) is 0 Å². The summed E-state index contributed by atoms with van der Waals surface area (Å²) in [5, 5.41) is 11.4. The van der Waals surface area contributed by atoms with E-state index in [4.69, 9.17) is 9.15 Å². The number of benzene rings is 2. The summed E-state index contributed by atoms with van der Waals surface area (Å²) in [5.74, 6) is 0.494. The molecular weight excluding hydrogens is 542 g/mol. The van der Waals surface area contributed by atoms with Crippen LogP contribution in [0.1, 0.15) is 62.1 Å². The Morgan fingerprint density at radius 1 is 1.17 bits per heavy atom. The van der Waals surface area contributed by atoms with Crippen molar-refractivity contribution < 1.29 is 18.9 Å². The number of esters is 1. The van der Waals surface area contributed by atoms with Gasteiger partial charge in [-0.2, -0.15) is 0 Å². The van der Waals surface area contributed by atoms with Crippen molar-refractivity contribution in [2.24, 2.45) is 4.99 Å². The first-order valence-electron chi connectivity index (χ1n) is 13.2. The van der Waals surface area contributed by atoms with Gasteiger partial charge in [0, 0.05) is 17.7 Å². The molecule has 4 aromatic rings. The number of hydrogen-bond acceptors (Lipinski definition) is 8. The Morgan fingerprint density at radius 2 is 1.90 bits per heavy atom. The van der Waals surface area contributed by atoms with Crippen LogP contribution in [0.25, 0.3) is 17.4 Å². The average Bonchev–Trinajstić information content (AvgIpc) is 3.53. The third-order valence-corrected chi connectivity index (χ3v) is 7.99. The summed E-state index contributed by atoms with van der Waals surface area (Å²) in [7, 11) is 0. The molecule has 0 amide bonds. The second-order valence-electron chi connectivity index (χ2n) is 10.1. The average molecular weight is 572 g/mol. The normalized spacial score (nSPS) is 15.2. The van der Waals surface area contributed by atoms with Crippen LogP contribution < -0.4 is 14.9 Å². The number of aryl methyl sites for hydroxylation is 1. The molecular formula is C31H29N3O6S. The van der Waals surface area contributed by atoms with E-state index in [0.29, 0.717) is 38.0 Å². The second kappa shape index (κ2) is 11.1. The fourth-order valence-corrected chi connectivity index (χ4v) is 5.87. The number of rotatable bonds is 7. The number of aromatic nitrogens is 1. The molecule has 0 spiro atoms. The fraction of sp³-hybridized carbons (Fsp3) is 0.258. The minimum Gasteiger partial charge on any atom is -0.463 e. The third kappa shape index (κ3) is 5.30. The van der Waals surface area contributed by atoms with Gasteiger partial charge in [0.15, 0.2) is 4.80 Å². The number of ether oxygens (including phenoxy) is 1. The predicted molar refractivity (Wildman–Crippen MR) is 156 cm³/mol. The maximum Gasteiger partial charge on any atom is 0.338 e. The smallest absolute Gasteiger partial charge is 0.338 e. The number of hydrogen-bond donors (Lipinski definition) is 0. The van der Waals surface area contributed by atoms with Gasteiger partial charge in [-0.1, -0.05) is 55.5 Å². The molecule has 10 heteroatoms. The van der Waals surface area contributed by atoms with Gasteiger partial charge >= 0.3 is 5.97 Å². The quantitative estimate of drug-likeness (QED) is 0.167. The van der Waals surface area contributed by atoms with Crippen molar-refractivity contribution in [3.63, 3.8) is 0 Å². The number of nitrogens with zero attached hydrogens (tertiary/aromatic N) is 3. The Labute approximate surface area is 239 Å². The molecule has 2 aromatic heterocycles. The lowest BCUT2D eigenvalue weighted by atomic mass is 10.0. The molecule has 0 fully saturated rings. The highest BCUT2D eigenvalue weighted by atomic mass is 32.1. The fourth-order valence-electron chi connectivity index (χ4n) is 4.82. The van der Waals surface area contributed by atoms with E-state index in [1.807, 2.05) is 37.3 Å². The lowest BCUT2D eigenvalue weighted by molar-refractivity contribution is -0.384. The molecule has 0 saturated carbocycles. The third-order valence-electron chi connectivity index (χ3n) is 7.01. The standard InChI is InChI=1S/C31H29N3O6S/c1-6-39-30(36)27-19(5)32-31-33(29(35)26(41-31)15-20-8-10-21(11-9-20)17(2)3)28(27)25-14-13-24(40-25)23-16-22(34(37)38)12-7-18(23)4/h7-17,28H,6H2,1-5H3/b26-15-/t28-/m0/s1. The first kappa shape index (κ1) is 28.0. The van der Waals surface area contributed by atoms with E-state index in [2.05, 4.69) is 18.8 Å². The number of thiazole rings is 1. The van der Waals surface area contributed by atoms with Crippen LogP contribution in [0, 0.1) is 17.0 Å². The molecule has 0 saturated heterocycles. The molecule has 5 rings (SSSR count). The van der Waals surface area contributed by atoms with Crippen molar-refractivity contribution in [2.45, 2.75) is 46.6 Å². The van der Waals surface area contributed by atoms with Crippen LogP contribution in [-0.2, 0) is 9.53 Å². The number of nitro groups is 1. The van der Waals surface area contributed by atoms with Crippen LogP contribution in [0.3, 0.4) is 0 Å². The summed E-state index contributed by atoms with van der Waals surface area (Å²) in [6.07, 6.45) is 1.81. The van der Waals surface area contributed by atoms with E-state index < -0.39 is 16.9 Å². The van der Waals surface area contributed by atoms with Crippen molar-refractivity contribution in [1.29, 1.82) is 0 Å². The number of carbonyl (C=O) groups excluding carboxylic acids is 1. The largest absolute Gasteiger partial charge is 0.463 e. The number of allylic oxidation sites excluding steroid dienone is 1. The lowest BCUT2D eigenvalue weighted by Gasteiger charge is -2.22. The van der Waals surface area contributed by atoms with Crippen molar-refractivity contribution in [3.05, 3.63) is 118 Å². The summed E-state index contributed by atoms with van der Waals surface area (Å²) in [6.45, 7) is 9.63. The van der Waals surface area contributed by atoms with Gasteiger partial charge in [0.25, 0.3) is 11.2 Å². The highest BCUT2D eigenvalue weighted by Crippen LogP contribution is 2.36. The maximum absolute atomic E-state index is 13.9. The zero-order valence-electron chi connectivity index (χ0n) is 23.3. The predicted octanol–water partition coefficient (Wildman–Crippen LogP) is 5.40. The van der Waals surface area contributed by atoms with Crippen molar-refractivity contribution in [3.8, 4) is 11.3 Å². The van der Waals surface area contributed by atoms with Gasteiger partial charge in [-0.15, -0.1) is 0 Å². The highest BCUT2D eigenvalue weighted by Gasteiger charge is 2.35. The monoisotopic (exact) mass is 571 g/mol. The van der Waals surface area contributed by atoms with Crippen molar-refractivity contribution >= 4 is 29.1 Å². The Hall–Kier alpha value is -4.57. The Bertz CT molecular complexity index is 1880. The number of nitro benzene ring substituents is 1. The Balaban J connectivity index is 1.66. The molecule has 0 N–H and O–H groups in total. The van der Waals surface area contributed by atoms with Gasteiger partial charge < -0.3 is 9.15 Å². The molecule has 0 bridgehead atoms. The summed E-state index contributed by atoms with van der Waals surface area (Å²) >= 11 is 1.23. The number of furan rings is 1. The number of non-ortho nitro benzene ring substituents is 1. The van der Waals surface area contributed by atoms with Gasteiger partial charge in [0.05, 0.1) is 27.3 Å². The van der Waals surface area contributed by atoms with Gasteiger partial charge in [-0.3, -0.25) is 19.5 Å². The van der Waals surface area contributed by atoms with E-state index >= 15 is 0 Å². The molecule has 9 nitrogen and oxygen atoms in total. The van der Waals surface area contributed by atoms with E-state index in [0.717, 1.165) is 11.1 Å².